The highest BCUT2D eigenvalue weighted by atomic mass is 16.5. The standard InChI is InChI=1S/C17H27NO2/c1-17(19,10-11-18)15-8-5-9-16(12-15)20-13-14-6-3-2-4-7-14/h5,8-9,12,14,19H,2-4,6-7,10-11,13,18H2,1H3. The highest BCUT2D eigenvalue weighted by Gasteiger charge is 2.22. The highest BCUT2D eigenvalue weighted by molar-refractivity contribution is 5.32. The fraction of sp³-hybridized carbons (Fsp3) is 0.647. The topological polar surface area (TPSA) is 55.5 Å². The van der Waals surface area contributed by atoms with E-state index in [0.29, 0.717) is 18.9 Å². The van der Waals surface area contributed by atoms with Gasteiger partial charge >= 0.3 is 0 Å². The van der Waals surface area contributed by atoms with Crippen LogP contribution >= 0.6 is 0 Å². The minimum absolute atomic E-state index is 0.472. The Morgan fingerprint density at radius 2 is 2.05 bits per heavy atom. The number of nitrogens with two attached hydrogens (primary N) is 1. The van der Waals surface area contributed by atoms with E-state index in [1.807, 2.05) is 24.3 Å². The van der Waals surface area contributed by atoms with Crippen LogP contribution in [0.4, 0.5) is 0 Å². The van der Waals surface area contributed by atoms with Crippen molar-refractivity contribution >= 4 is 0 Å². The SMILES string of the molecule is CC(O)(CCN)c1cccc(OCC2CCCCC2)c1. The predicted octanol–water partition coefficient (Wildman–Crippen LogP) is 3.20. The molecule has 3 N–H and O–H groups in total. The fourth-order valence-corrected chi connectivity index (χ4v) is 2.91. The summed E-state index contributed by atoms with van der Waals surface area (Å²) in [7, 11) is 0. The summed E-state index contributed by atoms with van der Waals surface area (Å²) in [5, 5.41) is 10.4. The molecule has 0 heterocycles. The summed E-state index contributed by atoms with van der Waals surface area (Å²) in [6.07, 6.45) is 7.15. The molecular weight excluding hydrogens is 250 g/mol. The number of hydrogen-bond acceptors (Lipinski definition) is 3. The van der Waals surface area contributed by atoms with Gasteiger partial charge < -0.3 is 15.6 Å². The maximum Gasteiger partial charge on any atom is 0.119 e. The molecule has 1 aromatic carbocycles. The normalized spacial score (nSPS) is 19.6. The lowest BCUT2D eigenvalue weighted by Gasteiger charge is -2.25. The lowest BCUT2D eigenvalue weighted by atomic mass is 9.90. The second-order valence-corrected chi connectivity index (χ2v) is 6.16. The molecule has 1 saturated carbocycles. The van der Waals surface area contributed by atoms with Crippen LogP contribution in [-0.4, -0.2) is 18.3 Å². The number of hydrogen-bond donors (Lipinski definition) is 2. The Hall–Kier alpha value is -1.06. The van der Waals surface area contributed by atoms with E-state index in [2.05, 4.69) is 0 Å². The average Bonchev–Trinajstić information content (AvgIpc) is 2.46. The van der Waals surface area contributed by atoms with E-state index in [-0.39, 0.29) is 0 Å². The van der Waals surface area contributed by atoms with Gasteiger partial charge in [-0.05, 0) is 56.3 Å². The minimum Gasteiger partial charge on any atom is -0.493 e. The Bertz CT molecular complexity index is 411. The van der Waals surface area contributed by atoms with Crippen LogP contribution in [0.1, 0.15) is 51.0 Å². The molecule has 1 atom stereocenters. The van der Waals surface area contributed by atoms with Crippen molar-refractivity contribution in [2.24, 2.45) is 11.7 Å². The van der Waals surface area contributed by atoms with E-state index in [4.69, 9.17) is 10.5 Å². The van der Waals surface area contributed by atoms with Crippen LogP contribution in [0.15, 0.2) is 24.3 Å². The number of ether oxygens (including phenoxy) is 1. The van der Waals surface area contributed by atoms with Crippen LogP contribution in [0, 0.1) is 5.92 Å². The van der Waals surface area contributed by atoms with Gasteiger partial charge in [0.15, 0.2) is 0 Å². The Morgan fingerprint density at radius 3 is 2.75 bits per heavy atom. The first-order valence-corrected chi connectivity index (χ1v) is 7.77. The van der Waals surface area contributed by atoms with Crippen LogP contribution in [-0.2, 0) is 5.60 Å². The summed E-state index contributed by atoms with van der Waals surface area (Å²) in [4.78, 5) is 0. The third-order valence-electron chi connectivity index (χ3n) is 4.30. The second kappa shape index (κ2) is 7.09. The molecule has 0 aliphatic heterocycles. The van der Waals surface area contributed by atoms with Crippen molar-refractivity contribution in [3.8, 4) is 5.75 Å². The molecule has 20 heavy (non-hydrogen) atoms. The van der Waals surface area contributed by atoms with Crippen LogP contribution in [0.5, 0.6) is 5.75 Å². The number of rotatable bonds is 6. The molecule has 0 saturated heterocycles. The third kappa shape index (κ3) is 4.22. The van der Waals surface area contributed by atoms with Gasteiger partial charge in [0.1, 0.15) is 5.75 Å². The smallest absolute Gasteiger partial charge is 0.119 e. The monoisotopic (exact) mass is 277 g/mol. The lowest BCUT2D eigenvalue weighted by Crippen LogP contribution is -2.25. The van der Waals surface area contributed by atoms with Gasteiger partial charge in [0.05, 0.1) is 12.2 Å². The van der Waals surface area contributed by atoms with E-state index in [1.54, 1.807) is 6.92 Å². The summed E-state index contributed by atoms with van der Waals surface area (Å²) in [5.74, 6) is 1.54. The highest BCUT2D eigenvalue weighted by Crippen LogP contribution is 2.28. The van der Waals surface area contributed by atoms with Crippen LogP contribution < -0.4 is 10.5 Å². The van der Waals surface area contributed by atoms with Crippen LogP contribution in [0.2, 0.25) is 0 Å². The van der Waals surface area contributed by atoms with Crippen molar-refractivity contribution in [1.82, 2.24) is 0 Å². The number of aliphatic hydroxyl groups is 1. The van der Waals surface area contributed by atoms with Gasteiger partial charge in [-0.1, -0.05) is 31.4 Å². The van der Waals surface area contributed by atoms with Crippen molar-refractivity contribution in [3.05, 3.63) is 29.8 Å². The van der Waals surface area contributed by atoms with E-state index in [0.717, 1.165) is 17.9 Å². The molecule has 0 amide bonds. The largest absolute Gasteiger partial charge is 0.493 e. The van der Waals surface area contributed by atoms with Crippen molar-refractivity contribution in [1.29, 1.82) is 0 Å². The zero-order valence-corrected chi connectivity index (χ0v) is 12.5. The van der Waals surface area contributed by atoms with Crippen LogP contribution in [0.25, 0.3) is 0 Å². The van der Waals surface area contributed by atoms with Gasteiger partial charge in [-0.15, -0.1) is 0 Å². The average molecular weight is 277 g/mol. The maximum absolute atomic E-state index is 10.4. The molecule has 2 rings (SSSR count). The van der Waals surface area contributed by atoms with Gasteiger partial charge in [-0.2, -0.15) is 0 Å². The first-order chi connectivity index (χ1) is 9.62. The lowest BCUT2D eigenvalue weighted by molar-refractivity contribution is 0.0500. The fourth-order valence-electron chi connectivity index (χ4n) is 2.91. The molecular formula is C17H27NO2. The molecule has 0 radical (unpaired) electrons. The van der Waals surface area contributed by atoms with Gasteiger partial charge in [-0.3, -0.25) is 0 Å². The zero-order chi connectivity index (χ0) is 14.4. The molecule has 0 bridgehead atoms. The summed E-state index contributed by atoms with van der Waals surface area (Å²) in [6.45, 7) is 3.07. The second-order valence-electron chi connectivity index (χ2n) is 6.16. The molecule has 0 spiro atoms. The van der Waals surface area contributed by atoms with Gasteiger partial charge in [0.2, 0.25) is 0 Å². The molecule has 1 aliphatic rings. The first-order valence-electron chi connectivity index (χ1n) is 7.77. The summed E-state index contributed by atoms with van der Waals surface area (Å²) in [6, 6.07) is 7.78. The Morgan fingerprint density at radius 1 is 1.30 bits per heavy atom. The zero-order valence-electron chi connectivity index (χ0n) is 12.5. The third-order valence-corrected chi connectivity index (χ3v) is 4.30. The van der Waals surface area contributed by atoms with Crippen LogP contribution in [0.3, 0.4) is 0 Å². The van der Waals surface area contributed by atoms with E-state index in [9.17, 15) is 5.11 Å². The van der Waals surface area contributed by atoms with E-state index < -0.39 is 5.60 Å². The van der Waals surface area contributed by atoms with Crippen molar-refractivity contribution < 1.29 is 9.84 Å². The van der Waals surface area contributed by atoms with Crippen molar-refractivity contribution in [3.63, 3.8) is 0 Å². The Balaban J connectivity index is 1.95. The predicted molar refractivity (Wildman–Crippen MR) is 81.8 cm³/mol. The van der Waals surface area contributed by atoms with Gasteiger partial charge in [0, 0.05) is 0 Å². The first kappa shape index (κ1) is 15.3. The van der Waals surface area contributed by atoms with Crippen molar-refractivity contribution in [2.45, 2.75) is 51.0 Å². The molecule has 3 heteroatoms. The molecule has 1 fully saturated rings. The summed E-state index contributed by atoms with van der Waals surface area (Å²) in [5.41, 5.74) is 5.56. The molecule has 1 unspecified atom stereocenters. The molecule has 3 nitrogen and oxygen atoms in total. The summed E-state index contributed by atoms with van der Waals surface area (Å²) < 4.78 is 5.92. The summed E-state index contributed by atoms with van der Waals surface area (Å²) >= 11 is 0. The van der Waals surface area contributed by atoms with Crippen molar-refractivity contribution in [2.75, 3.05) is 13.2 Å². The Kier molecular flexibility index (Phi) is 5.44. The molecule has 1 aliphatic carbocycles. The van der Waals surface area contributed by atoms with Gasteiger partial charge in [0.25, 0.3) is 0 Å². The maximum atomic E-state index is 10.4. The minimum atomic E-state index is -0.876. The molecule has 112 valence electrons. The van der Waals surface area contributed by atoms with E-state index in [1.165, 1.54) is 32.1 Å². The van der Waals surface area contributed by atoms with E-state index >= 15 is 0 Å². The quantitative estimate of drug-likeness (QED) is 0.839. The molecule has 1 aromatic rings. The van der Waals surface area contributed by atoms with Gasteiger partial charge in [-0.25, -0.2) is 0 Å². The Labute approximate surface area is 122 Å². The number of benzene rings is 1. The molecule has 0 aromatic heterocycles.